The van der Waals surface area contributed by atoms with Gasteiger partial charge in [-0.3, -0.25) is 0 Å². The third-order valence-corrected chi connectivity index (χ3v) is 3.74. The smallest absolute Gasteiger partial charge is 0.0363 e. The van der Waals surface area contributed by atoms with Crippen molar-refractivity contribution >= 4 is 0 Å². The van der Waals surface area contributed by atoms with Gasteiger partial charge >= 0.3 is 0 Å². The molecule has 0 spiro atoms. The van der Waals surface area contributed by atoms with E-state index in [-0.39, 0.29) is 0 Å². The van der Waals surface area contributed by atoms with Crippen molar-refractivity contribution < 1.29 is 0 Å². The molecule has 0 aromatic heterocycles. The van der Waals surface area contributed by atoms with Gasteiger partial charge in [-0.05, 0) is 17.8 Å². The maximum Gasteiger partial charge on any atom is -0.0363 e. The Morgan fingerprint density at radius 2 is 1.36 bits per heavy atom. The van der Waals surface area contributed by atoms with Crippen molar-refractivity contribution in [3.63, 3.8) is 0 Å². The maximum absolute atomic E-state index is 2.45. The zero-order valence-electron chi connectivity index (χ0n) is 11.0. The van der Waals surface area contributed by atoms with Gasteiger partial charge in [-0.2, -0.15) is 0 Å². The normalized spacial score (nSPS) is 17.8. The number of hydrogen-bond acceptors (Lipinski definition) is 0. The highest BCUT2D eigenvalue weighted by molar-refractivity contribution is 4.72. The van der Waals surface area contributed by atoms with Crippen LogP contribution < -0.4 is 0 Å². The predicted molar refractivity (Wildman–Crippen MR) is 66.5 cm³/mol. The molecular formula is C14H30. The van der Waals surface area contributed by atoms with E-state index in [4.69, 9.17) is 0 Å². The zero-order valence-corrected chi connectivity index (χ0v) is 11.0. The van der Waals surface area contributed by atoms with Crippen LogP contribution in [-0.2, 0) is 0 Å². The highest BCUT2D eigenvalue weighted by Gasteiger charge is 2.22. The largest absolute Gasteiger partial charge is 0.0654 e. The predicted octanol–water partition coefficient (Wildman–Crippen LogP) is 5.28. The Labute approximate surface area is 91.5 Å². The summed E-state index contributed by atoms with van der Waals surface area (Å²) in [5.74, 6) is 2.88. The third kappa shape index (κ3) is 4.48. The van der Waals surface area contributed by atoms with Gasteiger partial charge in [0.05, 0.1) is 0 Å². The van der Waals surface area contributed by atoms with Crippen LogP contribution in [0.15, 0.2) is 0 Å². The second kappa shape index (κ2) is 8.32. The first-order valence-electron chi connectivity index (χ1n) is 6.71. The summed E-state index contributed by atoms with van der Waals surface area (Å²) in [6, 6.07) is 0. The topological polar surface area (TPSA) is 0 Å². The third-order valence-electron chi connectivity index (χ3n) is 3.74. The van der Waals surface area contributed by atoms with E-state index in [1.54, 1.807) is 0 Å². The molecule has 0 bridgehead atoms. The average Bonchev–Trinajstić information content (AvgIpc) is 2.18. The van der Waals surface area contributed by atoms with Crippen molar-refractivity contribution in [2.75, 3.05) is 0 Å². The molecule has 3 atom stereocenters. The second-order valence-corrected chi connectivity index (χ2v) is 4.80. The van der Waals surface area contributed by atoms with Gasteiger partial charge in [0.15, 0.2) is 0 Å². The molecule has 0 aliphatic carbocycles. The molecule has 0 N–H and O–H groups in total. The first-order valence-corrected chi connectivity index (χ1v) is 6.71. The zero-order chi connectivity index (χ0) is 11.0. The number of hydrogen-bond donors (Lipinski definition) is 0. The monoisotopic (exact) mass is 198 g/mol. The lowest BCUT2D eigenvalue weighted by Crippen LogP contribution is -2.20. The molecule has 14 heavy (non-hydrogen) atoms. The molecule has 0 aromatic carbocycles. The maximum atomic E-state index is 2.45. The van der Waals surface area contributed by atoms with Crippen LogP contribution in [0.5, 0.6) is 0 Å². The summed E-state index contributed by atoms with van der Waals surface area (Å²) < 4.78 is 0. The van der Waals surface area contributed by atoms with E-state index in [1.807, 2.05) is 0 Å². The Balaban J connectivity index is 4.18. The van der Waals surface area contributed by atoms with Crippen LogP contribution in [0.3, 0.4) is 0 Å². The molecule has 0 aliphatic heterocycles. The van der Waals surface area contributed by atoms with Crippen molar-refractivity contribution in [1.82, 2.24) is 0 Å². The lowest BCUT2D eigenvalue weighted by Gasteiger charge is -2.30. The first-order chi connectivity index (χ1) is 6.71. The summed E-state index contributed by atoms with van der Waals surface area (Å²) in [4.78, 5) is 0. The summed E-state index contributed by atoms with van der Waals surface area (Å²) in [6.07, 6.45) is 8.30. The van der Waals surface area contributed by atoms with E-state index < -0.39 is 0 Å². The Hall–Kier alpha value is 0. The van der Waals surface area contributed by atoms with Crippen molar-refractivity contribution in [3.05, 3.63) is 0 Å². The molecular weight excluding hydrogens is 168 g/mol. The minimum Gasteiger partial charge on any atom is -0.0654 e. The molecule has 86 valence electrons. The molecule has 0 rings (SSSR count). The van der Waals surface area contributed by atoms with Gasteiger partial charge in [-0.15, -0.1) is 0 Å². The molecule has 0 heteroatoms. The van der Waals surface area contributed by atoms with Gasteiger partial charge in [-0.25, -0.2) is 0 Å². The van der Waals surface area contributed by atoms with Crippen molar-refractivity contribution in [2.24, 2.45) is 17.8 Å². The van der Waals surface area contributed by atoms with E-state index in [2.05, 4.69) is 34.6 Å². The molecule has 0 fully saturated rings. The standard InChI is InChI=1S/C14H30/c1-6-10-12(5)14(9-4)13(8-3)11-7-2/h12-14H,6-11H2,1-5H3/t12-,13-,14-/m0/s1. The van der Waals surface area contributed by atoms with Gasteiger partial charge in [0.2, 0.25) is 0 Å². The van der Waals surface area contributed by atoms with Gasteiger partial charge in [0.1, 0.15) is 0 Å². The van der Waals surface area contributed by atoms with Crippen molar-refractivity contribution in [3.8, 4) is 0 Å². The Morgan fingerprint density at radius 1 is 0.786 bits per heavy atom. The molecule has 0 amide bonds. The molecule has 0 heterocycles. The average molecular weight is 198 g/mol. The Morgan fingerprint density at radius 3 is 1.71 bits per heavy atom. The molecule has 0 nitrogen and oxygen atoms in total. The summed E-state index contributed by atoms with van der Waals surface area (Å²) in [5, 5.41) is 0. The molecule has 0 unspecified atom stereocenters. The summed E-state index contributed by atoms with van der Waals surface area (Å²) >= 11 is 0. The minimum atomic E-state index is 0.932. The van der Waals surface area contributed by atoms with Crippen LogP contribution >= 0.6 is 0 Å². The van der Waals surface area contributed by atoms with Crippen molar-refractivity contribution in [1.29, 1.82) is 0 Å². The highest BCUT2D eigenvalue weighted by atomic mass is 14.3. The molecule has 0 saturated heterocycles. The summed E-state index contributed by atoms with van der Waals surface area (Å²) in [7, 11) is 0. The lowest BCUT2D eigenvalue weighted by molar-refractivity contribution is 0.202. The van der Waals surface area contributed by atoms with Crippen LogP contribution in [-0.4, -0.2) is 0 Å². The summed E-state index contributed by atoms with van der Waals surface area (Å²) in [6.45, 7) is 11.8. The van der Waals surface area contributed by atoms with E-state index in [1.165, 1.54) is 38.5 Å². The van der Waals surface area contributed by atoms with Crippen molar-refractivity contribution in [2.45, 2.75) is 73.1 Å². The van der Waals surface area contributed by atoms with Crippen LogP contribution in [0.25, 0.3) is 0 Å². The fourth-order valence-corrected chi connectivity index (χ4v) is 2.96. The van der Waals surface area contributed by atoms with Crippen LogP contribution in [0.1, 0.15) is 73.1 Å². The summed E-state index contributed by atoms with van der Waals surface area (Å²) in [5.41, 5.74) is 0. The minimum absolute atomic E-state index is 0.932. The fourth-order valence-electron chi connectivity index (χ4n) is 2.96. The van der Waals surface area contributed by atoms with Gasteiger partial charge < -0.3 is 0 Å². The molecule has 0 aliphatic rings. The molecule has 0 radical (unpaired) electrons. The Kier molecular flexibility index (Phi) is 8.32. The lowest BCUT2D eigenvalue weighted by atomic mass is 9.75. The quantitative estimate of drug-likeness (QED) is 0.498. The molecule has 0 aromatic rings. The fraction of sp³-hybridized carbons (Fsp3) is 1.00. The van der Waals surface area contributed by atoms with E-state index >= 15 is 0 Å². The van der Waals surface area contributed by atoms with Gasteiger partial charge in [0.25, 0.3) is 0 Å². The van der Waals surface area contributed by atoms with E-state index in [0.29, 0.717) is 0 Å². The first kappa shape index (κ1) is 14.0. The van der Waals surface area contributed by atoms with Crippen LogP contribution in [0, 0.1) is 17.8 Å². The Bertz CT molecular complexity index is 117. The van der Waals surface area contributed by atoms with E-state index in [0.717, 1.165) is 17.8 Å². The van der Waals surface area contributed by atoms with Gasteiger partial charge in [0, 0.05) is 0 Å². The van der Waals surface area contributed by atoms with Crippen LogP contribution in [0.4, 0.5) is 0 Å². The van der Waals surface area contributed by atoms with Crippen LogP contribution in [0.2, 0.25) is 0 Å². The SMILES string of the molecule is CCC[C@H](CC)[C@@H](CC)[C@@H](C)CCC. The second-order valence-electron chi connectivity index (χ2n) is 4.80. The highest BCUT2D eigenvalue weighted by Crippen LogP contribution is 2.32. The number of rotatable bonds is 8. The molecule has 0 saturated carbocycles. The van der Waals surface area contributed by atoms with Gasteiger partial charge in [-0.1, -0.05) is 73.1 Å². The van der Waals surface area contributed by atoms with E-state index in [9.17, 15) is 0 Å².